The molecule has 40 heteroatoms. The smallest absolute Gasteiger partial charge is 0.214 e. The van der Waals surface area contributed by atoms with Crippen molar-refractivity contribution in [2.75, 3.05) is 91.4 Å². The summed E-state index contributed by atoms with van der Waals surface area (Å²) in [6.45, 7) is 4.41. The molecule has 6 aromatic carbocycles. The zero-order valence-electron chi connectivity index (χ0n) is 76.8. The van der Waals surface area contributed by atoms with E-state index in [2.05, 4.69) is 101 Å². The summed E-state index contributed by atoms with van der Waals surface area (Å²) in [6.07, 6.45) is 27.5. The maximum absolute atomic E-state index is 12.1. The Hall–Kier alpha value is -13.4. The van der Waals surface area contributed by atoms with Crippen LogP contribution in [0.2, 0.25) is 0 Å². The second-order valence-corrected chi connectivity index (χ2v) is 49.4. The van der Waals surface area contributed by atoms with Crippen molar-refractivity contribution in [2.24, 2.45) is 0 Å². The molecule has 30 nitrogen and oxygen atoms in total. The van der Waals surface area contributed by atoms with Gasteiger partial charge in [0.2, 0.25) is 5.88 Å². The largest absolute Gasteiger partial charge is 0.472 e. The third kappa shape index (κ3) is 30.1. The number of aromatic nitrogens is 10. The molecule has 0 saturated carbocycles. The molecule has 0 unspecified atom stereocenters. The number of nitrogens with zero attached hydrogens (tertiary/aromatic N) is 12. The molecular formula is C99H98N14O16S10. The number of anilines is 4. The predicted octanol–water partition coefficient (Wildman–Crippen LogP) is 18.1. The van der Waals surface area contributed by atoms with Crippen LogP contribution in [0.4, 0.5) is 23.3 Å². The lowest BCUT2D eigenvalue weighted by Gasteiger charge is -2.27. The summed E-state index contributed by atoms with van der Waals surface area (Å²) in [4.78, 5) is 48.7. The van der Waals surface area contributed by atoms with E-state index >= 15 is 0 Å². The Bertz CT molecular complexity index is 7740. The van der Waals surface area contributed by atoms with E-state index in [1.165, 1.54) is 86.0 Å². The Morgan fingerprint density at radius 2 is 0.842 bits per heavy atom. The zero-order valence-corrected chi connectivity index (χ0v) is 85.0. The highest BCUT2D eigenvalue weighted by Crippen LogP contribution is 2.33. The highest BCUT2D eigenvalue weighted by molar-refractivity contribution is 7.92. The Morgan fingerprint density at radius 3 is 1.32 bits per heavy atom. The summed E-state index contributed by atoms with van der Waals surface area (Å²) < 4.78 is 175. The van der Waals surface area contributed by atoms with Gasteiger partial charge in [-0.1, -0.05) is 91.0 Å². The molecule has 12 heterocycles. The van der Waals surface area contributed by atoms with Crippen LogP contribution >= 0.6 is 34.0 Å². The highest BCUT2D eigenvalue weighted by atomic mass is 32.2. The second kappa shape index (κ2) is 45.9. The number of fused-ring (bicyclic) bond motifs is 1. The monoisotopic (exact) mass is 2060 g/mol. The average molecular weight is 2060 g/mol. The molecule has 1 aliphatic heterocycles. The van der Waals surface area contributed by atoms with Gasteiger partial charge in [0.1, 0.15) is 42.0 Å². The molecule has 139 heavy (non-hydrogen) atoms. The number of thiophene rings is 3. The van der Waals surface area contributed by atoms with E-state index in [1.54, 1.807) is 211 Å². The normalized spacial score (nSPS) is 12.3. The first-order valence-corrected chi connectivity index (χ1v) is 58.5. The molecule has 11 aromatic heterocycles. The van der Waals surface area contributed by atoms with Crippen molar-refractivity contribution in [3.63, 3.8) is 0 Å². The van der Waals surface area contributed by atoms with Gasteiger partial charge in [0.05, 0.1) is 119 Å². The van der Waals surface area contributed by atoms with Crippen LogP contribution in [-0.2, 0) is 95.1 Å². The molecule has 18 rings (SSSR count). The highest BCUT2D eigenvalue weighted by Gasteiger charge is 2.20. The Labute approximate surface area is 821 Å². The quantitative estimate of drug-likeness (QED) is 0.0508. The molecule has 0 atom stereocenters. The number of hydrogen-bond acceptors (Lipinski definition) is 32. The molecule has 17 aromatic rings. The summed E-state index contributed by atoms with van der Waals surface area (Å²) in [7, 11) is -18.9. The van der Waals surface area contributed by atoms with E-state index in [9.17, 15) is 58.9 Å². The number of benzene rings is 6. The van der Waals surface area contributed by atoms with Crippen LogP contribution in [0.1, 0.15) is 39.7 Å². The Kier molecular flexibility index (Phi) is 34.0. The summed E-state index contributed by atoms with van der Waals surface area (Å²) in [6, 6.07) is 68.3. The van der Waals surface area contributed by atoms with E-state index in [-0.39, 0.29) is 14.7 Å². The van der Waals surface area contributed by atoms with E-state index in [0.717, 1.165) is 115 Å². The number of pyridine rings is 3. The Balaban J connectivity index is 0.000000141. The van der Waals surface area contributed by atoms with E-state index in [4.69, 9.17) is 9.15 Å². The van der Waals surface area contributed by atoms with Gasteiger partial charge in [0.15, 0.2) is 68.9 Å². The van der Waals surface area contributed by atoms with Crippen LogP contribution in [-0.4, -0.2) is 179 Å². The number of furan rings is 1. The van der Waals surface area contributed by atoms with Gasteiger partial charge in [0.25, 0.3) is 0 Å². The number of ether oxygens (including phenoxy) is 1. The topological polar surface area (TPSA) is 413 Å². The molecule has 0 radical (unpaired) electrons. The minimum Gasteiger partial charge on any atom is -0.472 e. The number of sulfone groups is 7. The van der Waals surface area contributed by atoms with Gasteiger partial charge in [-0.15, -0.1) is 34.0 Å². The van der Waals surface area contributed by atoms with Crippen LogP contribution < -0.4 is 25.2 Å². The van der Waals surface area contributed by atoms with Gasteiger partial charge >= 0.3 is 0 Å². The zero-order chi connectivity index (χ0) is 99.3. The molecule has 0 bridgehead atoms. The standard InChI is InChI=1S/C19H16N2O2S2.C18H18N2O4S3.C17H15NO3S2.C16H15N3O3S.C16H19N3O2S.C13H15N3O2S/c1-25(22,23)17-6-4-14(5-7-17)18-11-19-15(12-20-18)8-9-21(19)13-16-3-2-10-24-16;1-26(21,22)15-7-5-13(6-8-15)17-10-16(27(2,23)24)11-18(20-17)19-12-14-4-3-9-25-14;1-23(19,20)16-6-4-13(5-7-16)14-8-9-18-17(11-14)21-12-15-3-2-10-22-15;1-23(20,21)14-6-4-12(5-7-14)15-9-16(19-11-18-15)17-10-13-3-2-8-22-13;1-22(20,21)14-7-5-13(6-8-14)15-11-17-12-16(18-15)19-9-3-2-4-10-19;1-16(2)13-9-14-8-12(15-13)10-4-6-11(7-5-10)19(3,17)18/h2-12H,13H2,1H3;3-11H,12H2,1-2H3,(H,19,20);2-11H,12H2,1H3;2-9,11H,10H2,1H3,(H,17,18,19);5-8,11-12H,2-4,9-10H2,1H3;4-9H,1-3H3. The van der Waals surface area contributed by atoms with Crippen molar-refractivity contribution in [3.8, 4) is 73.3 Å². The van der Waals surface area contributed by atoms with Gasteiger partial charge < -0.3 is 34.2 Å². The summed E-state index contributed by atoms with van der Waals surface area (Å²) in [5, 5.41) is 13.4. The van der Waals surface area contributed by atoms with Gasteiger partial charge in [-0.3, -0.25) is 15.0 Å². The van der Waals surface area contributed by atoms with E-state index in [1.807, 2.05) is 84.5 Å². The van der Waals surface area contributed by atoms with Crippen LogP contribution in [0.25, 0.3) is 78.3 Å². The van der Waals surface area contributed by atoms with Crippen LogP contribution in [0.15, 0.2) is 347 Å². The predicted molar refractivity (Wildman–Crippen MR) is 549 cm³/mol. The number of rotatable bonds is 26. The molecule has 1 fully saturated rings. The van der Waals surface area contributed by atoms with Crippen molar-refractivity contribution >= 4 is 137 Å². The van der Waals surface area contributed by atoms with Crippen molar-refractivity contribution < 1.29 is 68.1 Å². The van der Waals surface area contributed by atoms with E-state index in [0.29, 0.717) is 79.4 Å². The molecule has 1 aliphatic rings. The number of hydrogen-bond donors (Lipinski definition) is 2. The fraction of sp³-hybridized carbons (Fsp3) is 0.182. The molecular weight excluding hydrogens is 1960 g/mol. The second-order valence-electron chi connectivity index (χ2n) is 32.1. The fourth-order valence-electron chi connectivity index (χ4n) is 13.6. The van der Waals surface area contributed by atoms with Crippen molar-refractivity contribution in [1.82, 2.24) is 49.4 Å². The van der Waals surface area contributed by atoms with Gasteiger partial charge in [0, 0.05) is 150 Å². The van der Waals surface area contributed by atoms with Gasteiger partial charge in [-0.05, 0) is 180 Å². The average Bonchev–Trinajstić information content (AvgIpc) is 1.79. The summed E-state index contributed by atoms with van der Waals surface area (Å²) >= 11 is 4.97. The molecule has 0 aliphatic carbocycles. The number of piperidine rings is 1. The van der Waals surface area contributed by atoms with Gasteiger partial charge in [-0.2, -0.15) is 0 Å². The van der Waals surface area contributed by atoms with Crippen LogP contribution in [0, 0.1) is 0 Å². The summed E-state index contributed by atoms with van der Waals surface area (Å²) in [5.41, 5.74) is 10.5. The van der Waals surface area contributed by atoms with Crippen molar-refractivity contribution in [2.45, 2.75) is 79.8 Å². The first-order valence-electron chi connectivity index (χ1n) is 42.6. The van der Waals surface area contributed by atoms with Crippen molar-refractivity contribution in [3.05, 3.63) is 329 Å². The minimum absolute atomic E-state index is 0.147. The SMILES string of the molecule is CN(C)c1cncc(-c2ccc(S(C)(=O)=O)cc2)n1.CS(=O)(=O)c1ccc(-c2cc(NCc3ccco3)ncn2)cc1.CS(=O)(=O)c1ccc(-c2cc(S(C)(=O)=O)cc(NCc3cccs3)n2)cc1.CS(=O)(=O)c1ccc(-c2cc3c(ccn3Cc3cccs3)cn2)cc1.CS(=O)(=O)c1ccc(-c2ccnc(OCc3cccs3)c2)cc1.CS(=O)(=O)c1ccc(-c2cncc(N3CCCCC3)n2)cc1. The first kappa shape index (κ1) is 103. The lowest BCUT2D eigenvalue weighted by atomic mass is 10.1. The third-order valence-corrected chi connectivity index (χ3v) is 31.5. The van der Waals surface area contributed by atoms with E-state index < -0.39 is 68.9 Å². The molecule has 0 spiro atoms. The Morgan fingerprint density at radius 1 is 0.381 bits per heavy atom. The minimum atomic E-state index is -3.43. The summed E-state index contributed by atoms with van der Waals surface area (Å²) in [5.74, 6) is 4.10. The maximum atomic E-state index is 12.1. The molecule has 2 N–H and O–H groups in total. The van der Waals surface area contributed by atoms with Crippen LogP contribution in [0.3, 0.4) is 0 Å². The lowest BCUT2D eigenvalue weighted by Crippen LogP contribution is -2.30. The number of nitrogens with one attached hydrogen (secondary N) is 2. The molecule has 0 amide bonds. The van der Waals surface area contributed by atoms with Crippen molar-refractivity contribution in [1.29, 1.82) is 0 Å². The van der Waals surface area contributed by atoms with Gasteiger partial charge in [-0.25, -0.2) is 88.8 Å². The maximum Gasteiger partial charge on any atom is 0.214 e. The lowest BCUT2D eigenvalue weighted by molar-refractivity contribution is 0.297. The van der Waals surface area contributed by atoms with Crippen LogP contribution in [0.5, 0.6) is 5.88 Å². The first-order chi connectivity index (χ1) is 66.1. The molecule has 1 saturated heterocycles. The third-order valence-electron chi connectivity index (χ3n) is 21.1. The molecule has 720 valence electrons. The fourth-order valence-corrected chi connectivity index (χ4v) is 20.0.